The zero-order chi connectivity index (χ0) is 21.7. The molecule has 2 aromatic rings. The number of hydrogen-bond acceptors (Lipinski definition) is 5. The maximum Gasteiger partial charge on any atom is 0.326 e. The summed E-state index contributed by atoms with van der Waals surface area (Å²) in [7, 11) is 0. The molecule has 0 spiro atoms. The Labute approximate surface area is 172 Å². The monoisotopic (exact) mass is 413 g/mol. The largest absolute Gasteiger partial charge is 0.454 e. The lowest BCUT2D eigenvalue weighted by atomic mass is 9.92. The minimum atomic E-state index is -1.29. The molecule has 156 valence electrons. The average Bonchev–Trinajstić information content (AvgIpc) is 2.96. The second kappa shape index (κ2) is 8.73. The van der Waals surface area contributed by atoms with Crippen LogP contribution in [0.15, 0.2) is 54.6 Å². The van der Waals surface area contributed by atoms with E-state index in [0.29, 0.717) is 11.1 Å². The first-order valence-electron chi connectivity index (χ1n) is 9.16. The number of nitrogens with one attached hydrogen (secondary N) is 2. The van der Waals surface area contributed by atoms with Crippen LogP contribution in [0.2, 0.25) is 0 Å². The van der Waals surface area contributed by atoms with E-state index in [0.717, 1.165) is 4.90 Å². The van der Waals surface area contributed by atoms with Crippen LogP contribution in [0.3, 0.4) is 0 Å². The van der Waals surface area contributed by atoms with E-state index in [4.69, 9.17) is 4.74 Å². The number of esters is 1. The van der Waals surface area contributed by atoms with E-state index < -0.39 is 42.5 Å². The number of nitrogens with zero attached hydrogens (tertiary/aromatic N) is 1. The van der Waals surface area contributed by atoms with E-state index in [1.165, 1.54) is 24.3 Å². The Kier molecular flexibility index (Phi) is 6.10. The van der Waals surface area contributed by atoms with Crippen LogP contribution < -0.4 is 10.6 Å². The molecule has 2 N–H and O–H groups in total. The second-order valence-electron chi connectivity index (χ2n) is 6.88. The van der Waals surface area contributed by atoms with Crippen molar-refractivity contribution in [2.75, 3.05) is 13.2 Å². The van der Waals surface area contributed by atoms with Gasteiger partial charge in [-0.2, -0.15) is 0 Å². The summed E-state index contributed by atoms with van der Waals surface area (Å²) in [6.45, 7) is 0.508. The van der Waals surface area contributed by atoms with E-state index in [1.54, 1.807) is 37.3 Å². The summed E-state index contributed by atoms with van der Waals surface area (Å²) in [6, 6.07) is 13.5. The lowest BCUT2D eigenvalue weighted by Crippen LogP contribution is -2.41. The summed E-state index contributed by atoms with van der Waals surface area (Å²) in [5.41, 5.74) is -0.0273. The minimum absolute atomic E-state index is 0.138. The molecule has 1 aliphatic heterocycles. The van der Waals surface area contributed by atoms with Crippen molar-refractivity contribution in [2.45, 2.75) is 19.0 Å². The van der Waals surface area contributed by atoms with Gasteiger partial charge in [0.2, 0.25) is 0 Å². The second-order valence-corrected chi connectivity index (χ2v) is 6.88. The Morgan fingerprint density at radius 1 is 1.10 bits per heavy atom. The van der Waals surface area contributed by atoms with Gasteiger partial charge in [-0.25, -0.2) is 9.18 Å². The first-order valence-corrected chi connectivity index (χ1v) is 9.16. The summed E-state index contributed by atoms with van der Waals surface area (Å²) in [6.07, 6.45) is 0. The van der Waals surface area contributed by atoms with E-state index in [-0.39, 0.29) is 12.4 Å². The molecule has 3 rings (SSSR count). The number of amides is 4. The summed E-state index contributed by atoms with van der Waals surface area (Å²) in [5, 5.41) is 5.10. The van der Waals surface area contributed by atoms with Gasteiger partial charge in [0.15, 0.2) is 6.61 Å². The predicted molar refractivity (Wildman–Crippen MR) is 103 cm³/mol. The summed E-state index contributed by atoms with van der Waals surface area (Å²) in [5.74, 6) is -2.44. The topological polar surface area (TPSA) is 105 Å². The Morgan fingerprint density at radius 2 is 1.77 bits per heavy atom. The first-order chi connectivity index (χ1) is 14.3. The van der Waals surface area contributed by atoms with Crippen molar-refractivity contribution in [1.29, 1.82) is 0 Å². The summed E-state index contributed by atoms with van der Waals surface area (Å²) in [4.78, 5) is 49.5. The van der Waals surface area contributed by atoms with Crippen LogP contribution in [-0.4, -0.2) is 41.9 Å². The van der Waals surface area contributed by atoms with Crippen molar-refractivity contribution in [3.05, 3.63) is 71.5 Å². The van der Waals surface area contributed by atoms with Gasteiger partial charge >= 0.3 is 12.0 Å². The highest BCUT2D eigenvalue weighted by molar-refractivity contribution is 6.08. The molecular formula is C21H20FN3O5. The molecule has 0 aromatic heterocycles. The molecule has 0 bridgehead atoms. The van der Waals surface area contributed by atoms with Gasteiger partial charge in [0.1, 0.15) is 17.9 Å². The molecule has 0 aliphatic carbocycles. The van der Waals surface area contributed by atoms with E-state index in [9.17, 15) is 23.6 Å². The molecule has 0 saturated carbocycles. The molecule has 1 saturated heterocycles. The van der Waals surface area contributed by atoms with Crippen LogP contribution in [0, 0.1) is 5.82 Å². The molecule has 0 radical (unpaired) electrons. The Morgan fingerprint density at radius 3 is 2.43 bits per heavy atom. The predicted octanol–water partition coefficient (Wildman–Crippen LogP) is 1.45. The number of hydrogen-bond donors (Lipinski definition) is 2. The van der Waals surface area contributed by atoms with Gasteiger partial charge in [0, 0.05) is 6.54 Å². The average molecular weight is 413 g/mol. The number of ether oxygens (including phenoxy) is 1. The van der Waals surface area contributed by atoms with Gasteiger partial charge < -0.3 is 15.4 Å². The molecule has 1 aliphatic rings. The van der Waals surface area contributed by atoms with Crippen LogP contribution in [-0.2, 0) is 31.2 Å². The molecule has 9 heteroatoms. The van der Waals surface area contributed by atoms with Crippen LogP contribution in [0.4, 0.5) is 9.18 Å². The van der Waals surface area contributed by atoms with Gasteiger partial charge in [0.05, 0.1) is 0 Å². The fourth-order valence-corrected chi connectivity index (χ4v) is 2.98. The normalized spacial score (nSPS) is 18.1. The fourth-order valence-electron chi connectivity index (χ4n) is 2.98. The van der Waals surface area contributed by atoms with Crippen LogP contribution >= 0.6 is 0 Å². The van der Waals surface area contributed by atoms with Crippen LogP contribution in [0.5, 0.6) is 0 Å². The summed E-state index contributed by atoms with van der Waals surface area (Å²) >= 11 is 0. The van der Waals surface area contributed by atoms with E-state index >= 15 is 0 Å². The van der Waals surface area contributed by atoms with Gasteiger partial charge in [-0.05, 0) is 30.2 Å². The third-order valence-electron chi connectivity index (χ3n) is 4.68. The molecule has 0 unspecified atom stereocenters. The van der Waals surface area contributed by atoms with Gasteiger partial charge in [-0.1, -0.05) is 42.5 Å². The Balaban J connectivity index is 1.49. The first kappa shape index (κ1) is 21.0. The van der Waals surface area contributed by atoms with E-state index in [2.05, 4.69) is 10.6 Å². The fraction of sp³-hybridized carbons (Fsp3) is 0.238. The minimum Gasteiger partial charge on any atom is -0.454 e. The van der Waals surface area contributed by atoms with Gasteiger partial charge in [0.25, 0.3) is 11.8 Å². The molecule has 8 nitrogen and oxygen atoms in total. The van der Waals surface area contributed by atoms with Crippen molar-refractivity contribution in [3.63, 3.8) is 0 Å². The zero-order valence-corrected chi connectivity index (χ0v) is 16.2. The van der Waals surface area contributed by atoms with Crippen molar-refractivity contribution >= 4 is 23.8 Å². The highest BCUT2D eigenvalue weighted by Gasteiger charge is 2.49. The molecule has 4 amide bonds. The van der Waals surface area contributed by atoms with Crippen molar-refractivity contribution < 1.29 is 28.3 Å². The lowest BCUT2D eigenvalue weighted by Gasteiger charge is -2.21. The molecule has 1 fully saturated rings. The molecule has 2 aromatic carbocycles. The van der Waals surface area contributed by atoms with E-state index in [1.807, 2.05) is 0 Å². The van der Waals surface area contributed by atoms with Gasteiger partial charge in [-0.3, -0.25) is 19.3 Å². The van der Waals surface area contributed by atoms with Crippen LogP contribution in [0.1, 0.15) is 18.1 Å². The number of carbonyl (C=O) groups is 4. The third-order valence-corrected chi connectivity index (χ3v) is 4.68. The Hall–Kier alpha value is -3.75. The number of carbonyl (C=O) groups excluding carboxylic acids is 4. The number of imide groups is 1. The third kappa shape index (κ3) is 4.62. The quantitative estimate of drug-likeness (QED) is 0.528. The smallest absolute Gasteiger partial charge is 0.326 e. The highest BCUT2D eigenvalue weighted by atomic mass is 19.1. The summed E-state index contributed by atoms with van der Waals surface area (Å²) < 4.78 is 17.7. The number of benzene rings is 2. The van der Waals surface area contributed by atoms with Crippen molar-refractivity contribution in [1.82, 2.24) is 15.5 Å². The van der Waals surface area contributed by atoms with Crippen molar-refractivity contribution in [2.24, 2.45) is 0 Å². The maximum atomic E-state index is 12.9. The van der Waals surface area contributed by atoms with Crippen LogP contribution in [0.25, 0.3) is 0 Å². The Bertz CT molecular complexity index is 964. The highest BCUT2D eigenvalue weighted by Crippen LogP contribution is 2.28. The molecule has 30 heavy (non-hydrogen) atoms. The molecule has 1 heterocycles. The van der Waals surface area contributed by atoms with Gasteiger partial charge in [-0.15, -0.1) is 0 Å². The van der Waals surface area contributed by atoms with Crippen molar-refractivity contribution in [3.8, 4) is 0 Å². The standard InChI is InChI=1S/C21H20FN3O5/c1-21(15-5-3-2-4-6-15)19(28)25(20(29)24-21)12-18(27)30-13-17(26)23-11-14-7-9-16(22)10-8-14/h2-10H,11-13H2,1H3,(H,23,26)(H,24,29)/t21-/m1/s1. The SMILES string of the molecule is C[C@]1(c2ccccc2)NC(=O)N(CC(=O)OCC(=O)NCc2ccc(F)cc2)C1=O. The lowest BCUT2D eigenvalue weighted by molar-refractivity contribution is -0.151. The molecule has 1 atom stereocenters. The number of urea groups is 1. The zero-order valence-electron chi connectivity index (χ0n) is 16.2. The molecular weight excluding hydrogens is 393 g/mol. The number of rotatable bonds is 7. The number of halogens is 1. The maximum absolute atomic E-state index is 12.9.